The van der Waals surface area contributed by atoms with Gasteiger partial charge in [0.2, 0.25) is 0 Å². The van der Waals surface area contributed by atoms with Crippen molar-refractivity contribution in [3.63, 3.8) is 0 Å². The molecule has 0 aliphatic rings. The largest absolute Gasteiger partial charge is 0.309 e. The zero-order chi connectivity index (χ0) is 32.6. The van der Waals surface area contributed by atoms with Gasteiger partial charge in [-0.3, -0.25) is 0 Å². The number of nitrogens with zero attached hydrogens (tertiary/aromatic N) is 1. The third-order valence-electron chi connectivity index (χ3n) is 9.65. The maximum atomic E-state index is 2.46. The molecule has 49 heavy (non-hydrogen) atoms. The van der Waals surface area contributed by atoms with Gasteiger partial charge in [0.05, 0.1) is 5.69 Å². The van der Waals surface area contributed by atoms with E-state index in [0.717, 1.165) is 11.4 Å². The van der Waals surface area contributed by atoms with Crippen LogP contribution in [0.4, 0.5) is 17.1 Å². The first-order valence-corrected chi connectivity index (χ1v) is 16.9. The maximum absolute atomic E-state index is 2.46. The summed E-state index contributed by atoms with van der Waals surface area (Å²) < 4.78 is 0. The molecule has 9 aromatic carbocycles. The maximum Gasteiger partial charge on any atom is 0.0625 e. The molecule has 0 unspecified atom stereocenters. The number of fused-ring (bicyclic) bond motifs is 4. The highest BCUT2D eigenvalue weighted by Gasteiger charge is 2.24. The van der Waals surface area contributed by atoms with E-state index in [2.05, 4.69) is 205 Å². The Bertz CT molecular complexity index is 2580. The van der Waals surface area contributed by atoms with Crippen LogP contribution in [0.1, 0.15) is 0 Å². The Morgan fingerprint density at radius 2 is 0.714 bits per heavy atom. The van der Waals surface area contributed by atoms with Crippen LogP contribution in [-0.2, 0) is 0 Å². The Kier molecular flexibility index (Phi) is 7.22. The predicted octanol–water partition coefficient (Wildman–Crippen LogP) is 13.6. The van der Waals surface area contributed by atoms with Gasteiger partial charge in [-0.2, -0.15) is 0 Å². The summed E-state index contributed by atoms with van der Waals surface area (Å²) in [6, 6.07) is 72.4. The minimum Gasteiger partial charge on any atom is -0.309 e. The first-order chi connectivity index (χ1) is 24.3. The SMILES string of the molecule is c1ccc(-c2ccccc2-c2ccc(N(c3ccccc3)c3c(-c4cccc5ccccc45)c4ccccc4c4ccccc34)cc2)cc1. The smallest absolute Gasteiger partial charge is 0.0625 e. The Hall–Kier alpha value is -6.44. The van der Waals surface area contributed by atoms with E-state index < -0.39 is 0 Å². The van der Waals surface area contributed by atoms with Gasteiger partial charge < -0.3 is 4.90 Å². The fraction of sp³-hybridized carbons (Fsp3) is 0. The van der Waals surface area contributed by atoms with E-state index >= 15 is 0 Å². The summed E-state index contributed by atoms with van der Waals surface area (Å²) in [5.74, 6) is 0. The van der Waals surface area contributed by atoms with Crippen molar-refractivity contribution in [3.05, 3.63) is 200 Å². The van der Waals surface area contributed by atoms with Crippen LogP contribution in [0.5, 0.6) is 0 Å². The third-order valence-corrected chi connectivity index (χ3v) is 9.65. The molecule has 0 aliphatic heterocycles. The zero-order valence-electron chi connectivity index (χ0n) is 27.0. The van der Waals surface area contributed by atoms with Gasteiger partial charge in [-0.25, -0.2) is 0 Å². The predicted molar refractivity (Wildman–Crippen MR) is 210 cm³/mol. The minimum absolute atomic E-state index is 1.11. The van der Waals surface area contributed by atoms with Crippen molar-refractivity contribution in [2.24, 2.45) is 0 Å². The summed E-state index contributed by atoms with van der Waals surface area (Å²) in [6.07, 6.45) is 0. The summed E-state index contributed by atoms with van der Waals surface area (Å²) in [4.78, 5) is 2.46. The van der Waals surface area contributed by atoms with Gasteiger partial charge in [-0.05, 0) is 79.0 Å². The third kappa shape index (κ3) is 5.04. The molecular formula is C48H33N. The van der Waals surface area contributed by atoms with Crippen LogP contribution in [0.25, 0.3) is 65.7 Å². The minimum atomic E-state index is 1.11. The van der Waals surface area contributed by atoms with Crippen LogP contribution in [0.3, 0.4) is 0 Å². The molecule has 0 N–H and O–H groups in total. The van der Waals surface area contributed by atoms with Gasteiger partial charge in [-0.15, -0.1) is 0 Å². The molecule has 0 amide bonds. The lowest BCUT2D eigenvalue weighted by Crippen LogP contribution is -2.12. The van der Waals surface area contributed by atoms with Crippen molar-refractivity contribution in [2.75, 3.05) is 4.90 Å². The van der Waals surface area contributed by atoms with Gasteiger partial charge in [-0.1, -0.05) is 176 Å². The molecule has 0 aliphatic carbocycles. The second-order valence-electron chi connectivity index (χ2n) is 12.5. The second-order valence-corrected chi connectivity index (χ2v) is 12.5. The first kappa shape index (κ1) is 28.8. The van der Waals surface area contributed by atoms with E-state index in [1.54, 1.807) is 0 Å². The van der Waals surface area contributed by atoms with Gasteiger partial charge in [0.1, 0.15) is 0 Å². The number of benzene rings is 9. The van der Waals surface area contributed by atoms with E-state index in [1.165, 1.54) is 71.4 Å². The number of hydrogen-bond acceptors (Lipinski definition) is 1. The Balaban J connectivity index is 1.33. The molecule has 0 aromatic heterocycles. The number of anilines is 3. The number of rotatable bonds is 6. The molecule has 1 heteroatoms. The molecule has 1 nitrogen and oxygen atoms in total. The Labute approximate surface area is 287 Å². The number of hydrogen-bond donors (Lipinski definition) is 0. The highest BCUT2D eigenvalue weighted by molar-refractivity contribution is 6.24. The molecule has 0 atom stereocenters. The van der Waals surface area contributed by atoms with E-state index in [1.807, 2.05) is 0 Å². The average Bonchev–Trinajstić information content (AvgIpc) is 3.19. The first-order valence-electron chi connectivity index (χ1n) is 16.9. The number of para-hydroxylation sites is 1. The van der Waals surface area contributed by atoms with Crippen molar-refractivity contribution in [2.45, 2.75) is 0 Å². The lowest BCUT2D eigenvalue weighted by atomic mass is 9.88. The summed E-state index contributed by atoms with van der Waals surface area (Å²) in [5, 5.41) is 7.42. The van der Waals surface area contributed by atoms with Gasteiger partial charge in [0.15, 0.2) is 0 Å². The fourth-order valence-corrected chi connectivity index (χ4v) is 7.45. The molecule has 230 valence electrons. The van der Waals surface area contributed by atoms with Gasteiger partial charge >= 0.3 is 0 Å². The van der Waals surface area contributed by atoms with Gasteiger partial charge in [0, 0.05) is 22.3 Å². The quantitative estimate of drug-likeness (QED) is 0.167. The normalized spacial score (nSPS) is 11.3. The van der Waals surface area contributed by atoms with Crippen molar-refractivity contribution < 1.29 is 0 Å². The molecule has 9 rings (SSSR count). The molecule has 0 saturated carbocycles. The highest BCUT2D eigenvalue weighted by atomic mass is 15.1. The van der Waals surface area contributed by atoms with Crippen LogP contribution in [0.2, 0.25) is 0 Å². The Morgan fingerprint density at radius 3 is 1.41 bits per heavy atom. The molecule has 0 saturated heterocycles. The summed E-state index contributed by atoms with van der Waals surface area (Å²) >= 11 is 0. The monoisotopic (exact) mass is 623 g/mol. The fourth-order valence-electron chi connectivity index (χ4n) is 7.45. The zero-order valence-corrected chi connectivity index (χ0v) is 27.0. The summed E-state index contributed by atoms with van der Waals surface area (Å²) in [7, 11) is 0. The topological polar surface area (TPSA) is 3.24 Å². The van der Waals surface area contributed by atoms with E-state index in [4.69, 9.17) is 0 Å². The van der Waals surface area contributed by atoms with Crippen molar-refractivity contribution in [1.29, 1.82) is 0 Å². The molecule has 0 spiro atoms. The molecule has 0 bridgehead atoms. The lowest BCUT2D eigenvalue weighted by Gasteiger charge is -2.31. The highest BCUT2D eigenvalue weighted by Crippen LogP contribution is 2.50. The van der Waals surface area contributed by atoms with Crippen molar-refractivity contribution in [1.82, 2.24) is 0 Å². The van der Waals surface area contributed by atoms with Gasteiger partial charge in [0.25, 0.3) is 0 Å². The summed E-state index contributed by atoms with van der Waals surface area (Å²) in [6.45, 7) is 0. The molecule has 9 aromatic rings. The van der Waals surface area contributed by atoms with Crippen LogP contribution >= 0.6 is 0 Å². The van der Waals surface area contributed by atoms with Crippen molar-refractivity contribution >= 4 is 49.4 Å². The van der Waals surface area contributed by atoms with Crippen LogP contribution in [0, 0.1) is 0 Å². The van der Waals surface area contributed by atoms with E-state index in [9.17, 15) is 0 Å². The standard InChI is InChI=1S/C48H33N/c1-3-16-34(17-4-1)39-22-9-10-23-40(39)36-30-32-38(33-31-36)49(37-20-5-2-6-21-37)48-46-28-14-12-26-43(46)42-25-11-13-27-45(42)47(48)44-29-15-19-35-18-7-8-24-41(35)44/h1-33H. The molecule has 0 heterocycles. The summed E-state index contributed by atoms with van der Waals surface area (Å²) in [5.41, 5.74) is 10.7. The second kappa shape index (κ2) is 12.3. The van der Waals surface area contributed by atoms with E-state index in [0.29, 0.717) is 0 Å². The molecular weight excluding hydrogens is 591 g/mol. The van der Waals surface area contributed by atoms with Crippen LogP contribution in [0.15, 0.2) is 200 Å². The lowest BCUT2D eigenvalue weighted by molar-refractivity contribution is 1.30. The van der Waals surface area contributed by atoms with E-state index in [-0.39, 0.29) is 0 Å². The molecule has 0 fully saturated rings. The Morgan fingerprint density at radius 1 is 0.265 bits per heavy atom. The van der Waals surface area contributed by atoms with Crippen molar-refractivity contribution in [3.8, 4) is 33.4 Å². The van der Waals surface area contributed by atoms with Crippen LogP contribution in [-0.4, -0.2) is 0 Å². The van der Waals surface area contributed by atoms with Crippen LogP contribution < -0.4 is 4.90 Å². The average molecular weight is 624 g/mol. The molecule has 0 radical (unpaired) electrons.